The van der Waals surface area contributed by atoms with Crippen LogP contribution in [0.15, 0.2) is 16.8 Å². The number of aliphatic imine (C=N–C) groups is 1. The van der Waals surface area contributed by atoms with Crippen LogP contribution in [0.2, 0.25) is 0 Å². The molecule has 2 aliphatic heterocycles. The van der Waals surface area contributed by atoms with Crippen molar-refractivity contribution in [3.8, 4) is 0 Å². The van der Waals surface area contributed by atoms with E-state index in [1.54, 1.807) is 20.8 Å². The van der Waals surface area contributed by atoms with Crippen LogP contribution in [0.1, 0.15) is 34.1 Å². The Hall–Kier alpha value is -3.84. The minimum atomic E-state index is -1.38. The molecule has 0 aromatic rings. The molecule has 1 fully saturated rings. The fourth-order valence-electron chi connectivity index (χ4n) is 3.45. The molecule has 0 bridgehead atoms. The molecule has 200 valence electrons. The zero-order valence-electron chi connectivity index (χ0n) is 20.7. The number of carbonyl (C=O) groups excluding carboxylic acids is 5. The summed E-state index contributed by atoms with van der Waals surface area (Å²) in [4.78, 5) is 64.1. The smallest absolute Gasteiger partial charge is 0.477 e. The number of alkyl carbamates (subject to hydrolysis) is 1. The van der Waals surface area contributed by atoms with E-state index in [4.69, 9.17) is 28.4 Å². The van der Waals surface area contributed by atoms with E-state index < -0.39 is 66.1 Å². The normalized spacial score (nSPS) is 24.0. The molecule has 2 N–H and O–H groups in total. The Bertz CT molecular complexity index is 911. The number of ether oxygens (including phenoxy) is 6. The van der Waals surface area contributed by atoms with E-state index in [1.807, 2.05) is 0 Å². The van der Waals surface area contributed by atoms with Crippen LogP contribution in [0, 0.1) is 0 Å². The lowest BCUT2D eigenvalue weighted by Gasteiger charge is -2.39. The summed E-state index contributed by atoms with van der Waals surface area (Å²) in [6.45, 7) is 9.43. The highest BCUT2D eigenvalue weighted by atomic mass is 16.8. The van der Waals surface area contributed by atoms with Crippen LogP contribution in [0.25, 0.3) is 0 Å². The predicted octanol–water partition coefficient (Wildman–Crippen LogP) is 0.378. The number of methoxy groups -OCH3 is 1. The summed E-state index contributed by atoms with van der Waals surface area (Å²) >= 11 is 0. The van der Waals surface area contributed by atoms with Gasteiger partial charge in [-0.15, -0.1) is 0 Å². The lowest BCUT2D eigenvalue weighted by molar-refractivity contribution is -0.154. The van der Waals surface area contributed by atoms with Gasteiger partial charge in [-0.25, -0.2) is 14.4 Å². The van der Waals surface area contributed by atoms with Gasteiger partial charge in [-0.1, -0.05) is 0 Å². The Labute approximate surface area is 207 Å². The van der Waals surface area contributed by atoms with Crippen LogP contribution < -0.4 is 10.6 Å². The maximum absolute atomic E-state index is 12.6. The molecule has 2 rings (SSSR count). The van der Waals surface area contributed by atoms with E-state index in [9.17, 15) is 24.0 Å². The van der Waals surface area contributed by atoms with Crippen molar-refractivity contribution in [2.45, 2.75) is 70.1 Å². The van der Waals surface area contributed by atoms with Crippen LogP contribution in [-0.2, 0) is 42.8 Å². The standard InChI is InChI=1S/C22H31N3O11/c1-11(26)25-16-12(23-5)9-13(19(28)31-6)33-18(16)17(14-10-32-21(30)34-14)35-20(29)24-8-7-15(27)36-22(2,3)4/h9,12,14,16-18H,5,7-8,10H2,1-4,6H3,(H,24,29)(H,25,26)/t12-,14+,16?,17+,18+/m0/s1. The Morgan fingerprint density at radius 2 is 1.94 bits per heavy atom. The number of carbonyl (C=O) groups is 5. The third kappa shape index (κ3) is 8.13. The minimum Gasteiger partial charge on any atom is -0.477 e. The second kappa shape index (κ2) is 12.2. The summed E-state index contributed by atoms with van der Waals surface area (Å²) in [5.41, 5.74) is -0.688. The minimum absolute atomic E-state index is 0.119. The lowest BCUT2D eigenvalue weighted by atomic mass is 9.92. The summed E-state index contributed by atoms with van der Waals surface area (Å²) in [7, 11) is 1.14. The number of hydrogen-bond donors (Lipinski definition) is 2. The van der Waals surface area contributed by atoms with Gasteiger partial charge in [0.2, 0.25) is 11.7 Å². The molecule has 0 aromatic heterocycles. The molecular formula is C22H31N3O11. The monoisotopic (exact) mass is 513 g/mol. The van der Waals surface area contributed by atoms with Crippen LogP contribution >= 0.6 is 0 Å². The molecule has 2 heterocycles. The molecule has 5 atom stereocenters. The van der Waals surface area contributed by atoms with Gasteiger partial charge in [-0.05, 0) is 33.6 Å². The molecule has 1 saturated heterocycles. The highest BCUT2D eigenvalue weighted by molar-refractivity contribution is 5.86. The van der Waals surface area contributed by atoms with Crippen LogP contribution in [-0.4, -0.2) is 93.1 Å². The highest BCUT2D eigenvalue weighted by Gasteiger charge is 2.49. The zero-order chi connectivity index (χ0) is 27.0. The van der Waals surface area contributed by atoms with Crippen molar-refractivity contribution in [1.29, 1.82) is 0 Å². The molecule has 0 spiro atoms. The van der Waals surface area contributed by atoms with Crippen molar-refractivity contribution in [3.05, 3.63) is 11.8 Å². The van der Waals surface area contributed by atoms with Crippen LogP contribution in [0.5, 0.6) is 0 Å². The van der Waals surface area contributed by atoms with Crippen molar-refractivity contribution < 1.29 is 52.4 Å². The molecular weight excluding hydrogens is 482 g/mol. The van der Waals surface area contributed by atoms with E-state index in [1.165, 1.54) is 13.0 Å². The van der Waals surface area contributed by atoms with Gasteiger partial charge in [-0.2, -0.15) is 0 Å². The summed E-state index contributed by atoms with van der Waals surface area (Å²) in [6, 6.07) is -1.87. The molecule has 0 aromatic carbocycles. The summed E-state index contributed by atoms with van der Waals surface area (Å²) < 4.78 is 31.1. The van der Waals surface area contributed by atoms with Gasteiger partial charge < -0.3 is 39.1 Å². The zero-order valence-corrected chi connectivity index (χ0v) is 20.7. The van der Waals surface area contributed by atoms with Gasteiger partial charge in [0.15, 0.2) is 18.3 Å². The first-order valence-electron chi connectivity index (χ1n) is 11.0. The fourth-order valence-corrected chi connectivity index (χ4v) is 3.45. The topological polar surface area (TPSA) is 177 Å². The van der Waals surface area contributed by atoms with Gasteiger partial charge in [-0.3, -0.25) is 14.6 Å². The molecule has 2 amide bonds. The third-order valence-corrected chi connectivity index (χ3v) is 4.84. The molecule has 2 aliphatic rings. The Balaban J connectivity index is 2.25. The molecule has 0 saturated carbocycles. The second-order valence-electron chi connectivity index (χ2n) is 8.85. The van der Waals surface area contributed by atoms with Crippen molar-refractivity contribution in [3.63, 3.8) is 0 Å². The summed E-state index contributed by atoms with van der Waals surface area (Å²) in [6.07, 6.45) is -4.65. The Morgan fingerprint density at radius 1 is 1.25 bits per heavy atom. The second-order valence-corrected chi connectivity index (χ2v) is 8.85. The SMILES string of the molecule is C=N[C@H]1C=C(C(=O)OC)O[C@@H]([C@H](OC(=O)NCCC(=O)OC(C)(C)C)[C@H]2COC(=O)O2)C1NC(C)=O. The third-order valence-electron chi connectivity index (χ3n) is 4.84. The predicted molar refractivity (Wildman–Crippen MR) is 121 cm³/mol. The van der Waals surface area contributed by atoms with E-state index in [2.05, 4.69) is 22.3 Å². The molecule has 1 unspecified atom stereocenters. The number of rotatable bonds is 9. The van der Waals surface area contributed by atoms with Crippen molar-refractivity contribution in [2.75, 3.05) is 20.3 Å². The van der Waals surface area contributed by atoms with Crippen molar-refractivity contribution in [1.82, 2.24) is 10.6 Å². The first kappa shape index (κ1) is 28.4. The molecule has 0 aliphatic carbocycles. The Kier molecular flexibility index (Phi) is 9.64. The summed E-state index contributed by atoms with van der Waals surface area (Å²) in [5.74, 6) is -2.13. The van der Waals surface area contributed by atoms with Gasteiger partial charge >= 0.3 is 24.2 Å². The first-order chi connectivity index (χ1) is 16.8. The number of hydrogen-bond acceptors (Lipinski definition) is 12. The van der Waals surface area contributed by atoms with Crippen molar-refractivity contribution >= 4 is 36.8 Å². The lowest BCUT2D eigenvalue weighted by Crippen LogP contribution is -2.60. The maximum atomic E-state index is 12.6. The first-order valence-corrected chi connectivity index (χ1v) is 11.0. The maximum Gasteiger partial charge on any atom is 0.508 e. The quantitative estimate of drug-likeness (QED) is 0.247. The number of cyclic esters (lactones) is 2. The van der Waals surface area contributed by atoms with Crippen LogP contribution in [0.3, 0.4) is 0 Å². The number of esters is 2. The van der Waals surface area contributed by atoms with E-state index in [-0.39, 0.29) is 25.3 Å². The molecule has 36 heavy (non-hydrogen) atoms. The number of nitrogens with one attached hydrogen (secondary N) is 2. The average Bonchev–Trinajstić information content (AvgIpc) is 3.21. The average molecular weight is 514 g/mol. The van der Waals surface area contributed by atoms with E-state index in [0.29, 0.717) is 0 Å². The highest BCUT2D eigenvalue weighted by Crippen LogP contribution is 2.29. The van der Waals surface area contributed by atoms with Gasteiger partial charge in [0.1, 0.15) is 12.2 Å². The van der Waals surface area contributed by atoms with E-state index in [0.717, 1.165) is 7.11 Å². The molecule has 0 radical (unpaired) electrons. The number of amides is 2. The summed E-state index contributed by atoms with van der Waals surface area (Å²) in [5, 5.41) is 5.03. The largest absolute Gasteiger partial charge is 0.508 e. The van der Waals surface area contributed by atoms with Crippen molar-refractivity contribution in [2.24, 2.45) is 4.99 Å². The van der Waals surface area contributed by atoms with Crippen LogP contribution in [0.4, 0.5) is 9.59 Å². The fraction of sp³-hybridized carbons (Fsp3) is 0.636. The number of nitrogens with zero attached hydrogens (tertiary/aromatic N) is 1. The van der Waals surface area contributed by atoms with Gasteiger partial charge in [0.05, 0.1) is 25.6 Å². The van der Waals surface area contributed by atoms with Gasteiger partial charge in [0, 0.05) is 13.5 Å². The Morgan fingerprint density at radius 3 is 2.47 bits per heavy atom. The van der Waals surface area contributed by atoms with E-state index >= 15 is 0 Å². The molecule has 14 heteroatoms. The van der Waals surface area contributed by atoms with Gasteiger partial charge in [0.25, 0.3) is 0 Å². The molecule has 14 nitrogen and oxygen atoms in total.